The Labute approximate surface area is 217 Å². The van der Waals surface area contributed by atoms with Gasteiger partial charge in [0.05, 0.1) is 42.2 Å². The van der Waals surface area contributed by atoms with Gasteiger partial charge in [-0.05, 0) is 50.6 Å². The van der Waals surface area contributed by atoms with Crippen molar-refractivity contribution in [3.63, 3.8) is 0 Å². The van der Waals surface area contributed by atoms with Crippen LogP contribution in [-0.2, 0) is 9.53 Å². The lowest BCUT2D eigenvalue weighted by molar-refractivity contribution is -0.139. The second kappa shape index (κ2) is 10.1. The molecule has 5 rings (SSSR count). The summed E-state index contributed by atoms with van der Waals surface area (Å²) in [5, 5.41) is 1.02. The van der Waals surface area contributed by atoms with Crippen LogP contribution in [0.2, 0.25) is 0 Å². The number of para-hydroxylation sites is 1. The lowest BCUT2D eigenvalue weighted by atomic mass is 9.95. The molecule has 1 aliphatic heterocycles. The zero-order valence-electron chi connectivity index (χ0n) is 21.0. The fourth-order valence-corrected chi connectivity index (χ4v) is 5.63. The number of rotatable bonds is 7. The molecule has 0 saturated heterocycles. The third-order valence-electron chi connectivity index (χ3n) is 6.23. The van der Waals surface area contributed by atoms with E-state index in [4.69, 9.17) is 14.2 Å². The van der Waals surface area contributed by atoms with E-state index >= 15 is 0 Å². The molecule has 0 unspecified atom stereocenters. The highest BCUT2D eigenvalue weighted by atomic mass is 32.1. The Hall–Kier alpha value is -4.11. The van der Waals surface area contributed by atoms with Gasteiger partial charge in [0.15, 0.2) is 16.3 Å². The van der Waals surface area contributed by atoms with Gasteiger partial charge in [0, 0.05) is 22.7 Å². The van der Waals surface area contributed by atoms with E-state index in [0.717, 1.165) is 16.5 Å². The highest BCUT2D eigenvalue weighted by Gasteiger charge is 2.34. The summed E-state index contributed by atoms with van der Waals surface area (Å²) in [7, 11) is 1.57. The van der Waals surface area contributed by atoms with Crippen molar-refractivity contribution in [2.24, 2.45) is 4.99 Å². The summed E-state index contributed by atoms with van der Waals surface area (Å²) in [6.45, 7) is 6.05. The molecule has 4 aromatic rings. The molecule has 3 heterocycles. The van der Waals surface area contributed by atoms with Crippen LogP contribution in [-0.4, -0.2) is 35.8 Å². The van der Waals surface area contributed by atoms with Crippen LogP contribution < -0.4 is 24.4 Å². The van der Waals surface area contributed by atoms with Gasteiger partial charge in [0.25, 0.3) is 5.56 Å². The van der Waals surface area contributed by atoms with Crippen molar-refractivity contribution in [2.45, 2.75) is 26.8 Å². The monoisotopic (exact) mass is 517 g/mol. The highest BCUT2D eigenvalue weighted by Crippen LogP contribution is 2.36. The quantitative estimate of drug-likeness (QED) is 0.378. The summed E-state index contributed by atoms with van der Waals surface area (Å²) in [4.78, 5) is 35.4. The first-order valence-electron chi connectivity index (χ1n) is 12.0. The molecule has 8 nitrogen and oxygen atoms in total. The summed E-state index contributed by atoms with van der Waals surface area (Å²) in [5.41, 5.74) is 3.18. The van der Waals surface area contributed by atoms with Crippen LogP contribution in [0.4, 0.5) is 0 Å². The van der Waals surface area contributed by atoms with Crippen molar-refractivity contribution in [3.8, 4) is 11.5 Å². The summed E-state index contributed by atoms with van der Waals surface area (Å²) < 4.78 is 18.7. The van der Waals surface area contributed by atoms with Gasteiger partial charge < -0.3 is 19.2 Å². The maximum absolute atomic E-state index is 13.9. The van der Waals surface area contributed by atoms with E-state index in [1.165, 1.54) is 11.3 Å². The summed E-state index contributed by atoms with van der Waals surface area (Å²) in [5.74, 6) is 0.588. The van der Waals surface area contributed by atoms with Gasteiger partial charge in [-0.2, -0.15) is 0 Å². The van der Waals surface area contributed by atoms with Crippen LogP contribution in [0.3, 0.4) is 0 Å². The minimum atomic E-state index is -0.731. The van der Waals surface area contributed by atoms with E-state index in [0.29, 0.717) is 44.3 Å². The third-order valence-corrected chi connectivity index (χ3v) is 7.21. The molecule has 1 atom stereocenters. The first kappa shape index (κ1) is 24.6. The van der Waals surface area contributed by atoms with Crippen LogP contribution in [0.25, 0.3) is 17.0 Å². The van der Waals surface area contributed by atoms with E-state index in [2.05, 4.69) is 9.98 Å². The van der Waals surface area contributed by atoms with Crippen LogP contribution >= 0.6 is 11.3 Å². The predicted octanol–water partition coefficient (Wildman–Crippen LogP) is 3.69. The van der Waals surface area contributed by atoms with Crippen LogP contribution in [0.5, 0.6) is 11.5 Å². The molecule has 0 fully saturated rings. The van der Waals surface area contributed by atoms with Crippen molar-refractivity contribution in [2.75, 3.05) is 20.3 Å². The Morgan fingerprint density at radius 2 is 1.97 bits per heavy atom. The first-order chi connectivity index (χ1) is 18.0. The summed E-state index contributed by atoms with van der Waals surface area (Å²) in [6, 6.07) is 12.6. The van der Waals surface area contributed by atoms with E-state index in [-0.39, 0.29) is 12.2 Å². The minimum absolute atomic E-state index is 0.208. The highest BCUT2D eigenvalue weighted by molar-refractivity contribution is 7.07. The number of hydrogen-bond donors (Lipinski definition) is 1. The standard InChI is InChI=1S/C28H27N3O5S/c1-5-35-22-13-17(11-12-21(22)34-4)25-24(27(33)36-6-2)16(3)30-28-31(25)26(32)23(37-28)14-18-15-29-20-10-8-7-9-19(18)20/h7-15,25,29H,5-6H2,1-4H3/b23-14-/t25-/m0/s1. The lowest BCUT2D eigenvalue weighted by Gasteiger charge is -2.25. The maximum Gasteiger partial charge on any atom is 0.338 e. The average molecular weight is 518 g/mol. The molecule has 9 heteroatoms. The Balaban J connectivity index is 1.74. The topological polar surface area (TPSA) is 94.9 Å². The number of aromatic nitrogens is 2. The molecule has 190 valence electrons. The molecule has 2 aromatic heterocycles. The number of benzene rings is 2. The lowest BCUT2D eigenvalue weighted by Crippen LogP contribution is -2.40. The normalized spacial score (nSPS) is 15.5. The van der Waals surface area contributed by atoms with E-state index in [1.807, 2.05) is 55.6 Å². The second-order valence-corrected chi connectivity index (χ2v) is 9.44. The number of ether oxygens (including phenoxy) is 3. The molecular formula is C28H27N3O5S. The molecule has 1 aliphatic rings. The smallest absolute Gasteiger partial charge is 0.338 e. The average Bonchev–Trinajstić information content (AvgIpc) is 3.44. The largest absolute Gasteiger partial charge is 0.493 e. The van der Waals surface area contributed by atoms with E-state index in [1.54, 1.807) is 31.6 Å². The fourth-order valence-electron chi connectivity index (χ4n) is 4.59. The number of nitrogens with one attached hydrogen (secondary N) is 1. The number of nitrogens with zero attached hydrogens (tertiary/aromatic N) is 2. The van der Waals surface area contributed by atoms with Crippen molar-refractivity contribution in [1.82, 2.24) is 9.55 Å². The van der Waals surface area contributed by atoms with Crippen LogP contribution in [0.1, 0.15) is 37.9 Å². The number of hydrogen-bond acceptors (Lipinski definition) is 7. The summed E-state index contributed by atoms with van der Waals surface area (Å²) in [6.07, 6.45) is 3.75. The van der Waals surface area contributed by atoms with Gasteiger partial charge in [-0.15, -0.1) is 0 Å². The SMILES string of the molecule is CCOC(=O)C1=C(C)N=c2s/c(=C\c3c[nH]c4ccccc34)c(=O)n2[C@H]1c1ccc(OC)c(OCC)c1. The Morgan fingerprint density at radius 1 is 1.16 bits per heavy atom. The number of thiazole rings is 1. The molecule has 2 aromatic carbocycles. The number of methoxy groups -OCH3 is 1. The van der Waals surface area contributed by atoms with Gasteiger partial charge in [-0.25, -0.2) is 9.79 Å². The van der Waals surface area contributed by atoms with E-state index < -0.39 is 12.0 Å². The van der Waals surface area contributed by atoms with Gasteiger partial charge >= 0.3 is 5.97 Å². The van der Waals surface area contributed by atoms with Gasteiger partial charge in [0.1, 0.15) is 0 Å². The number of fused-ring (bicyclic) bond motifs is 2. The predicted molar refractivity (Wildman–Crippen MR) is 143 cm³/mol. The van der Waals surface area contributed by atoms with Crippen molar-refractivity contribution in [1.29, 1.82) is 0 Å². The Morgan fingerprint density at radius 3 is 2.73 bits per heavy atom. The molecule has 0 spiro atoms. The third kappa shape index (κ3) is 4.35. The van der Waals surface area contributed by atoms with Crippen LogP contribution in [0, 0.1) is 0 Å². The Bertz CT molecular complexity index is 1710. The molecule has 0 radical (unpaired) electrons. The number of allylic oxidation sites excluding steroid dienone is 1. The maximum atomic E-state index is 13.9. The number of carbonyl (C=O) groups excluding carboxylic acids is 1. The molecule has 0 amide bonds. The number of aromatic amines is 1. The number of H-pyrrole nitrogens is 1. The zero-order chi connectivity index (χ0) is 26.1. The molecular weight excluding hydrogens is 490 g/mol. The second-order valence-electron chi connectivity index (χ2n) is 8.44. The van der Waals surface area contributed by atoms with Crippen molar-refractivity contribution < 1.29 is 19.0 Å². The van der Waals surface area contributed by atoms with Gasteiger partial charge in [-0.3, -0.25) is 9.36 Å². The van der Waals surface area contributed by atoms with Crippen LogP contribution in [0.15, 0.2) is 69.7 Å². The molecule has 37 heavy (non-hydrogen) atoms. The minimum Gasteiger partial charge on any atom is -0.493 e. The Kier molecular flexibility index (Phi) is 6.71. The van der Waals surface area contributed by atoms with Gasteiger partial charge in [0.2, 0.25) is 0 Å². The molecule has 0 bridgehead atoms. The first-order valence-corrected chi connectivity index (χ1v) is 12.8. The van der Waals surface area contributed by atoms with Crippen molar-refractivity contribution in [3.05, 3.63) is 90.7 Å². The zero-order valence-corrected chi connectivity index (χ0v) is 21.8. The molecule has 1 N–H and O–H groups in total. The molecule has 0 aliphatic carbocycles. The number of carbonyl (C=O) groups is 1. The number of esters is 1. The fraction of sp³-hybridized carbons (Fsp3) is 0.250. The van der Waals surface area contributed by atoms with E-state index in [9.17, 15) is 9.59 Å². The molecule has 0 saturated carbocycles. The summed E-state index contributed by atoms with van der Waals surface area (Å²) >= 11 is 1.29. The van der Waals surface area contributed by atoms with Gasteiger partial charge in [-0.1, -0.05) is 35.6 Å². The van der Waals surface area contributed by atoms with Crippen molar-refractivity contribution >= 4 is 34.3 Å².